The minimum Gasteiger partial charge on any atom is -0.462 e. The Morgan fingerprint density at radius 3 is 2.24 bits per heavy atom. The highest BCUT2D eigenvalue weighted by Gasteiger charge is 2.61. The molecule has 7 heteroatoms. The number of ether oxygens (including phenoxy) is 3. The SMILES string of the molecule is C=C1CC(C(=O)N2[C@H](c3ccccc3)COC2(C)C)CC2CCC(CC2)OC(=O)CC[C@@H](C)[C@H]2CC[C@H]3[C@@H]4CC[C@@H]5C[C@@H](CC[C@]5(C)[C@H]4CC[C@]23C)OC1=O. The largest absolute Gasteiger partial charge is 0.462 e. The van der Waals surface area contributed by atoms with Crippen LogP contribution in [0.15, 0.2) is 42.5 Å². The van der Waals surface area contributed by atoms with Crippen LogP contribution in [-0.2, 0) is 28.6 Å². The van der Waals surface area contributed by atoms with Crippen molar-refractivity contribution in [2.24, 2.45) is 58.2 Å². The van der Waals surface area contributed by atoms with Gasteiger partial charge < -0.3 is 19.1 Å². The third-order valence-electron chi connectivity index (χ3n) is 17.2. The molecule has 0 radical (unpaired) electrons. The summed E-state index contributed by atoms with van der Waals surface area (Å²) in [6, 6.07) is 9.93. The Hall–Kier alpha value is -2.67. The minimum absolute atomic E-state index is 0.0113. The van der Waals surface area contributed by atoms with Crippen molar-refractivity contribution in [3.8, 4) is 0 Å². The third-order valence-corrected chi connectivity index (χ3v) is 17.2. The second-order valence-electron chi connectivity index (χ2n) is 20.5. The molecule has 1 unspecified atom stereocenters. The molecule has 0 spiro atoms. The maximum atomic E-state index is 14.9. The highest BCUT2D eigenvalue weighted by atomic mass is 16.5. The average molecular weight is 756 g/mol. The fourth-order valence-electron chi connectivity index (χ4n) is 14.2. The van der Waals surface area contributed by atoms with Gasteiger partial charge in [0.05, 0.1) is 12.6 Å². The first-order valence-electron chi connectivity index (χ1n) is 22.4. The molecule has 1 aromatic rings. The molecule has 8 heterocycles. The number of amides is 1. The molecule has 8 aliphatic heterocycles. The van der Waals surface area contributed by atoms with Crippen LogP contribution in [-0.4, -0.2) is 47.3 Å². The van der Waals surface area contributed by atoms with Gasteiger partial charge in [0.25, 0.3) is 0 Å². The molecule has 1 aromatic carbocycles. The van der Waals surface area contributed by atoms with Gasteiger partial charge in [0.1, 0.15) is 17.9 Å². The van der Waals surface area contributed by atoms with E-state index in [1.807, 2.05) is 36.9 Å². The summed E-state index contributed by atoms with van der Waals surface area (Å²) in [7, 11) is 0. The van der Waals surface area contributed by atoms with Gasteiger partial charge in [-0.15, -0.1) is 0 Å². The predicted octanol–water partition coefficient (Wildman–Crippen LogP) is 10.4. The van der Waals surface area contributed by atoms with Crippen LogP contribution in [0.2, 0.25) is 0 Å². The van der Waals surface area contributed by atoms with Crippen LogP contribution in [0.5, 0.6) is 0 Å². The standard InChI is InChI=1S/C48H69NO6/c1-30-12-21-43(50)54-36-16-13-32(14-17-36)27-34(44(51)49-42(29-53-46(49,3)4)33-10-8-7-9-11-33)26-31(2)45(52)55-37-22-24-47(5)35(28-37)15-18-38-40-20-19-39(30)48(40,6)25-23-41(38)47/h7-11,30,32,34-42H,2,12-29H2,1,3-6H3/t30-,32?,34?,35-,36?,37-,38+,39-,40+,41+,42+,47+,48-/m1/s1. The van der Waals surface area contributed by atoms with Gasteiger partial charge in [-0.25, -0.2) is 4.79 Å². The Bertz CT molecular complexity index is 1600. The Balaban J connectivity index is 1.04. The van der Waals surface area contributed by atoms with Crippen LogP contribution < -0.4 is 0 Å². The molecular formula is C48H69NO6. The zero-order valence-corrected chi connectivity index (χ0v) is 34.6. The summed E-state index contributed by atoms with van der Waals surface area (Å²) in [6.07, 6.45) is 16.3. The van der Waals surface area contributed by atoms with Crippen molar-refractivity contribution in [3.05, 3.63) is 48.0 Å². The normalized spacial score (nSPS) is 43.6. The van der Waals surface area contributed by atoms with Gasteiger partial charge in [-0.2, -0.15) is 0 Å². The molecule has 13 fully saturated rings. The van der Waals surface area contributed by atoms with Gasteiger partial charge in [-0.1, -0.05) is 57.7 Å². The van der Waals surface area contributed by atoms with E-state index in [9.17, 15) is 14.4 Å². The van der Waals surface area contributed by atoms with Crippen LogP contribution in [0.25, 0.3) is 0 Å². The van der Waals surface area contributed by atoms with Crippen LogP contribution in [0.1, 0.15) is 155 Å². The summed E-state index contributed by atoms with van der Waals surface area (Å²) in [5.74, 6) is 3.57. The number of carbonyl (C=O) groups is 3. The van der Waals surface area contributed by atoms with E-state index in [-0.39, 0.29) is 48.4 Å². The second kappa shape index (κ2) is 15.3. The summed E-state index contributed by atoms with van der Waals surface area (Å²) < 4.78 is 18.8. The fraction of sp³-hybridized carbons (Fsp3) is 0.771. The first-order chi connectivity index (χ1) is 26.3. The third kappa shape index (κ3) is 7.35. The molecule has 13 aliphatic rings. The number of hydrogen-bond donors (Lipinski definition) is 0. The minimum atomic E-state index is -0.786. The van der Waals surface area contributed by atoms with Gasteiger partial charge in [-0.3, -0.25) is 9.59 Å². The van der Waals surface area contributed by atoms with Crippen molar-refractivity contribution in [1.82, 2.24) is 4.90 Å². The smallest absolute Gasteiger partial charge is 0.333 e. The lowest BCUT2D eigenvalue weighted by Crippen LogP contribution is -2.54. The van der Waals surface area contributed by atoms with Crippen LogP contribution in [0.3, 0.4) is 0 Å². The number of esters is 2. The summed E-state index contributed by atoms with van der Waals surface area (Å²) in [5.41, 5.74) is 1.33. The quantitative estimate of drug-likeness (QED) is 0.221. The molecule has 8 saturated heterocycles. The average Bonchev–Trinajstić information content (AvgIpc) is 3.69. The lowest BCUT2D eigenvalue weighted by atomic mass is 9.44. The Labute approximate surface area is 331 Å². The Morgan fingerprint density at radius 1 is 0.764 bits per heavy atom. The molecular weight excluding hydrogens is 687 g/mol. The zero-order chi connectivity index (χ0) is 38.7. The molecule has 7 nitrogen and oxygen atoms in total. The van der Waals surface area contributed by atoms with Gasteiger partial charge in [-0.05, 0) is 174 Å². The van der Waals surface area contributed by atoms with E-state index in [0.717, 1.165) is 74.7 Å². The summed E-state index contributed by atoms with van der Waals surface area (Å²) in [5, 5.41) is 0. The molecule has 5 saturated carbocycles. The van der Waals surface area contributed by atoms with E-state index < -0.39 is 11.6 Å². The fourth-order valence-corrected chi connectivity index (χ4v) is 14.2. The molecule has 14 rings (SSSR count). The molecule has 11 atom stereocenters. The zero-order valence-electron chi connectivity index (χ0n) is 34.6. The molecule has 55 heavy (non-hydrogen) atoms. The molecule has 0 N–H and O–H groups in total. The van der Waals surface area contributed by atoms with Crippen molar-refractivity contribution >= 4 is 17.8 Å². The molecule has 5 aliphatic carbocycles. The van der Waals surface area contributed by atoms with Gasteiger partial charge in [0.2, 0.25) is 5.91 Å². The van der Waals surface area contributed by atoms with Gasteiger partial charge in [0, 0.05) is 17.9 Å². The number of hydrogen-bond acceptors (Lipinski definition) is 6. The van der Waals surface area contributed by atoms with Crippen molar-refractivity contribution in [2.45, 2.75) is 168 Å². The van der Waals surface area contributed by atoms with Crippen molar-refractivity contribution in [1.29, 1.82) is 0 Å². The first-order valence-corrected chi connectivity index (χ1v) is 22.4. The Morgan fingerprint density at radius 2 is 1.47 bits per heavy atom. The molecule has 302 valence electrons. The van der Waals surface area contributed by atoms with E-state index >= 15 is 0 Å². The van der Waals surface area contributed by atoms with Crippen LogP contribution >= 0.6 is 0 Å². The first kappa shape index (κ1) is 39.2. The van der Waals surface area contributed by atoms with Crippen molar-refractivity contribution in [3.63, 3.8) is 0 Å². The second-order valence-corrected chi connectivity index (χ2v) is 20.5. The van der Waals surface area contributed by atoms with Gasteiger partial charge >= 0.3 is 11.9 Å². The summed E-state index contributed by atoms with van der Waals surface area (Å²) >= 11 is 0. The lowest BCUT2D eigenvalue weighted by Gasteiger charge is -2.61. The Kier molecular flexibility index (Phi) is 10.9. The summed E-state index contributed by atoms with van der Waals surface area (Å²) in [4.78, 5) is 44.0. The topological polar surface area (TPSA) is 82.1 Å². The van der Waals surface area contributed by atoms with Crippen molar-refractivity contribution in [2.75, 3.05) is 6.61 Å². The molecule has 0 aromatic heterocycles. The van der Waals surface area contributed by atoms with E-state index in [1.54, 1.807) is 0 Å². The molecule has 1 amide bonds. The van der Waals surface area contributed by atoms with Crippen molar-refractivity contribution < 1.29 is 28.6 Å². The number of benzene rings is 1. The highest BCUT2D eigenvalue weighted by molar-refractivity contribution is 5.90. The number of carbonyl (C=O) groups excluding carboxylic acids is 3. The summed E-state index contributed by atoms with van der Waals surface area (Å²) in [6.45, 7) is 16.3. The highest BCUT2D eigenvalue weighted by Crippen LogP contribution is 2.68. The number of rotatable bonds is 2. The van der Waals surface area contributed by atoms with E-state index in [0.29, 0.717) is 53.6 Å². The number of nitrogens with zero attached hydrogens (tertiary/aromatic N) is 1. The lowest BCUT2D eigenvalue weighted by molar-refractivity contribution is -0.159. The molecule has 10 bridgehead atoms. The maximum Gasteiger partial charge on any atom is 0.333 e. The van der Waals surface area contributed by atoms with E-state index in [4.69, 9.17) is 14.2 Å². The van der Waals surface area contributed by atoms with Crippen LogP contribution in [0.4, 0.5) is 0 Å². The van der Waals surface area contributed by atoms with E-state index in [2.05, 4.69) is 39.5 Å². The van der Waals surface area contributed by atoms with Crippen LogP contribution in [0, 0.1) is 58.2 Å². The van der Waals surface area contributed by atoms with Gasteiger partial charge in [0.15, 0.2) is 0 Å². The maximum absolute atomic E-state index is 14.9. The monoisotopic (exact) mass is 756 g/mol. The van der Waals surface area contributed by atoms with E-state index in [1.165, 1.54) is 38.5 Å². The predicted molar refractivity (Wildman–Crippen MR) is 213 cm³/mol.